The van der Waals surface area contributed by atoms with Gasteiger partial charge in [0.1, 0.15) is 0 Å². The summed E-state index contributed by atoms with van der Waals surface area (Å²) < 4.78 is 41.3. The minimum absolute atomic E-state index is 0.119. The van der Waals surface area contributed by atoms with Gasteiger partial charge in [0.25, 0.3) is 0 Å². The summed E-state index contributed by atoms with van der Waals surface area (Å²) in [7, 11) is 2.05. The average Bonchev–Trinajstić information content (AvgIpc) is 3.40. The molecule has 0 saturated carbocycles. The zero-order valence-corrected chi connectivity index (χ0v) is 18.4. The van der Waals surface area contributed by atoms with Gasteiger partial charge in [0.2, 0.25) is 0 Å². The summed E-state index contributed by atoms with van der Waals surface area (Å²) in [5.74, 6) is 0. The molecule has 2 aliphatic heterocycles. The number of aryl methyl sites for hydroxylation is 1. The van der Waals surface area contributed by atoms with Crippen LogP contribution in [0.5, 0.6) is 0 Å². The minimum Gasteiger partial charge on any atom is -0.346 e. The van der Waals surface area contributed by atoms with Crippen molar-refractivity contribution in [2.75, 3.05) is 19.6 Å². The predicted octanol–water partition coefficient (Wildman–Crippen LogP) is 3.93. The Labute approximate surface area is 190 Å². The first-order valence-corrected chi connectivity index (χ1v) is 11.1. The van der Waals surface area contributed by atoms with Crippen LogP contribution in [0.15, 0.2) is 42.6 Å². The monoisotopic (exact) mass is 457 g/mol. The molecule has 6 nitrogen and oxygen atoms in total. The van der Waals surface area contributed by atoms with Crippen LogP contribution < -0.4 is 5.32 Å². The first kappa shape index (κ1) is 21.8. The Hall–Kier alpha value is -3.07. The van der Waals surface area contributed by atoms with E-state index in [1.165, 1.54) is 16.6 Å². The molecule has 1 fully saturated rings. The zero-order chi connectivity index (χ0) is 23.2. The summed E-state index contributed by atoms with van der Waals surface area (Å²) >= 11 is 0. The van der Waals surface area contributed by atoms with E-state index in [1.54, 1.807) is 9.80 Å². The third-order valence-electron chi connectivity index (χ3n) is 6.72. The number of para-hydroxylation sites is 1. The molecule has 5 rings (SSSR count). The van der Waals surface area contributed by atoms with Gasteiger partial charge < -0.3 is 19.7 Å². The molecule has 2 amide bonds. The number of carbonyl (C=O) groups excluding carboxylic acids is 1. The van der Waals surface area contributed by atoms with Gasteiger partial charge in [-0.15, -0.1) is 0 Å². The van der Waals surface area contributed by atoms with E-state index >= 15 is 0 Å². The van der Waals surface area contributed by atoms with Crippen LogP contribution >= 0.6 is 0 Å². The van der Waals surface area contributed by atoms with Crippen molar-refractivity contribution in [3.8, 4) is 0 Å². The number of halogens is 3. The first-order valence-electron chi connectivity index (χ1n) is 11.1. The van der Waals surface area contributed by atoms with Gasteiger partial charge >= 0.3 is 12.2 Å². The molecule has 1 aromatic carbocycles. The average molecular weight is 458 g/mol. The molecule has 1 atom stereocenters. The normalized spacial score (nSPS) is 18.7. The van der Waals surface area contributed by atoms with Crippen LogP contribution in [0.2, 0.25) is 0 Å². The number of hydrogen-bond acceptors (Lipinski definition) is 3. The van der Waals surface area contributed by atoms with E-state index in [4.69, 9.17) is 0 Å². The molecule has 0 bridgehead atoms. The summed E-state index contributed by atoms with van der Waals surface area (Å²) in [6.07, 6.45) is -2.25. The summed E-state index contributed by atoms with van der Waals surface area (Å²) in [4.78, 5) is 20.5. The van der Waals surface area contributed by atoms with Gasteiger partial charge in [-0.3, -0.25) is 4.98 Å². The highest BCUT2D eigenvalue weighted by atomic mass is 19.4. The van der Waals surface area contributed by atoms with E-state index in [9.17, 15) is 18.0 Å². The number of rotatable bonds is 3. The molecule has 2 aromatic heterocycles. The van der Waals surface area contributed by atoms with Gasteiger partial charge in [0.05, 0.1) is 5.56 Å². The Bertz CT molecular complexity index is 1190. The first-order chi connectivity index (χ1) is 15.8. The third-order valence-corrected chi connectivity index (χ3v) is 6.72. The maximum absolute atomic E-state index is 13.1. The number of urea groups is 1. The van der Waals surface area contributed by atoms with Gasteiger partial charge in [0.15, 0.2) is 0 Å². The maximum atomic E-state index is 13.1. The van der Waals surface area contributed by atoms with Crippen LogP contribution in [-0.4, -0.2) is 51.1 Å². The Morgan fingerprint density at radius 3 is 2.79 bits per heavy atom. The number of alkyl halides is 3. The second-order valence-corrected chi connectivity index (χ2v) is 8.85. The summed E-state index contributed by atoms with van der Waals surface area (Å²) in [6.45, 7) is 2.56. The van der Waals surface area contributed by atoms with E-state index in [-0.39, 0.29) is 18.6 Å². The molecular formula is C24H26F3N5O. The van der Waals surface area contributed by atoms with Gasteiger partial charge in [0, 0.05) is 75.3 Å². The second kappa shape index (κ2) is 8.37. The molecular weight excluding hydrogens is 431 g/mol. The molecule has 0 radical (unpaired) electrons. The molecule has 4 heterocycles. The van der Waals surface area contributed by atoms with Crippen molar-refractivity contribution in [3.05, 3.63) is 65.1 Å². The largest absolute Gasteiger partial charge is 0.417 e. The SMILES string of the molecule is Cn1c(CNC2CCN(C(=O)N3CCc4ncc(C(F)(F)F)cc4C3)C2)cc2ccccc21. The van der Waals surface area contributed by atoms with Crippen molar-refractivity contribution in [2.24, 2.45) is 7.05 Å². The number of nitrogens with zero attached hydrogens (tertiary/aromatic N) is 4. The fourth-order valence-electron chi connectivity index (χ4n) is 4.81. The summed E-state index contributed by atoms with van der Waals surface area (Å²) in [5, 5.41) is 4.76. The van der Waals surface area contributed by atoms with E-state index in [2.05, 4.69) is 40.1 Å². The Balaban J connectivity index is 1.19. The molecule has 1 saturated heterocycles. The number of likely N-dealkylation sites (tertiary alicyclic amines) is 1. The lowest BCUT2D eigenvalue weighted by Gasteiger charge is -2.32. The molecule has 1 N–H and O–H groups in total. The highest BCUT2D eigenvalue weighted by molar-refractivity contribution is 5.81. The third kappa shape index (κ3) is 4.29. The van der Waals surface area contributed by atoms with Crippen LogP contribution in [0, 0.1) is 0 Å². The maximum Gasteiger partial charge on any atom is 0.417 e. The Morgan fingerprint density at radius 1 is 1.18 bits per heavy atom. The second-order valence-electron chi connectivity index (χ2n) is 8.85. The highest BCUT2D eigenvalue weighted by Gasteiger charge is 2.34. The van der Waals surface area contributed by atoms with Crippen molar-refractivity contribution in [1.82, 2.24) is 24.7 Å². The molecule has 3 aromatic rings. The standard InChI is InChI=1S/C24H26F3N5O/c1-30-20(11-16-4-2-3-5-22(16)30)13-28-19-6-8-32(15-19)23(33)31-9-7-21-17(14-31)10-18(12-29-21)24(25,26)27/h2-5,10-12,19,28H,6-9,13-15H2,1H3. The molecule has 0 spiro atoms. The number of aromatic nitrogens is 2. The molecule has 9 heteroatoms. The van der Waals surface area contributed by atoms with E-state index < -0.39 is 11.7 Å². The van der Waals surface area contributed by atoms with Crippen LogP contribution in [-0.2, 0) is 32.7 Å². The van der Waals surface area contributed by atoms with Gasteiger partial charge in [-0.25, -0.2) is 4.79 Å². The van der Waals surface area contributed by atoms with Crippen molar-refractivity contribution in [3.63, 3.8) is 0 Å². The smallest absolute Gasteiger partial charge is 0.346 e. The fraction of sp³-hybridized carbons (Fsp3) is 0.417. The van der Waals surface area contributed by atoms with Crippen LogP contribution in [0.3, 0.4) is 0 Å². The number of amides is 2. The Kier molecular flexibility index (Phi) is 5.52. The topological polar surface area (TPSA) is 53.4 Å². The molecule has 174 valence electrons. The lowest BCUT2D eigenvalue weighted by Crippen LogP contribution is -2.45. The van der Waals surface area contributed by atoms with Crippen molar-refractivity contribution in [2.45, 2.75) is 38.1 Å². The van der Waals surface area contributed by atoms with E-state index in [0.717, 1.165) is 18.7 Å². The number of benzene rings is 1. The van der Waals surface area contributed by atoms with Crippen molar-refractivity contribution < 1.29 is 18.0 Å². The molecule has 33 heavy (non-hydrogen) atoms. The number of fused-ring (bicyclic) bond motifs is 2. The summed E-state index contributed by atoms with van der Waals surface area (Å²) in [5.41, 5.74) is 2.72. The fourth-order valence-corrected chi connectivity index (χ4v) is 4.81. The van der Waals surface area contributed by atoms with Crippen molar-refractivity contribution in [1.29, 1.82) is 0 Å². The minimum atomic E-state index is -4.44. The van der Waals surface area contributed by atoms with E-state index in [0.29, 0.717) is 43.9 Å². The van der Waals surface area contributed by atoms with Gasteiger partial charge in [-0.05, 0) is 35.6 Å². The van der Waals surface area contributed by atoms with Crippen molar-refractivity contribution >= 4 is 16.9 Å². The van der Waals surface area contributed by atoms with Crippen LogP contribution in [0.4, 0.5) is 18.0 Å². The number of pyridine rings is 1. The number of nitrogens with one attached hydrogen (secondary N) is 1. The Morgan fingerprint density at radius 2 is 2.00 bits per heavy atom. The lowest BCUT2D eigenvalue weighted by molar-refractivity contribution is -0.137. The van der Waals surface area contributed by atoms with Crippen LogP contribution in [0.1, 0.15) is 28.9 Å². The number of hydrogen-bond donors (Lipinski definition) is 1. The summed E-state index contributed by atoms with van der Waals surface area (Å²) in [6, 6.07) is 11.6. The molecule has 1 unspecified atom stereocenters. The molecule has 0 aliphatic carbocycles. The quantitative estimate of drug-likeness (QED) is 0.649. The highest BCUT2D eigenvalue weighted by Crippen LogP contribution is 2.31. The number of carbonyl (C=O) groups is 1. The van der Waals surface area contributed by atoms with Gasteiger partial charge in [-0.2, -0.15) is 13.2 Å². The van der Waals surface area contributed by atoms with E-state index in [1.807, 2.05) is 12.1 Å². The zero-order valence-electron chi connectivity index (χ0n) is 18.4. The lowest BCUT2D eigenvalue weighted by atomic mass is 10.0. The van der Waals surface area contributed by atoms with Gasteiger partial charge in [-0.1, -0.05) is 18.2 Å². The predicted molar refractivity (Wildman–Crippen MR) is 118 cm³/mol. The molecule has 2 aliphatic rings. The van der Waals surface area contributed by atoms with Crippen LogP contribution in [0.25, 0.3) is 10.9 Å².